The lowest BCUT2D eigenvalue weighted by atomic mass is 9.88. The quantitative estimate of drug-likeness (QED) is 0.0827. The van der Waals surface area contributed by atoms with Gasteiger partial charge in [-0.2, -0.15) is 5.26 Å². The lowest BCUT2D eigenvalue weighted by Gasteiger charge is -2.16. The Labute approximate surface area is 302 Å². The van der Waals surface area contributed by atoms with Crippen LogP contribution < -0.4 is 0 Å². The van der Waals surface area contributed by atoms with Crippen molar-refractivity contribution in [3.05, 3.63) is 177 Å². The molecule has 0 spiro atoms. The van der Waals surface area contributed by atoms with Gasteiger partial charge in [0.2, 0.25) is 0 Å². The normalized spacial score (nSPS) is 11.7. The zero-order valence-electron chi connectivity index (χ0n) is 29.5. The number of fused-ring (bicyclic) bond motifs is 6. The Morgan fingerprint density at radius 3 is 1.85 bits per heavy atom. The number of hydrogen-bond acceptors (Lipinski definition) is 2. The number of aryl methyl sites for hydroxylation is 4. The molecule has 0 aliphatic heterocycles. The molecule has 0 bridgehead atoms. The van der Waals surface area contributed by atoms with E-state index >= 15 is 0 Å². The molecule has 0 saturated heterocycles. The number of aliphatic carboxylic acids is 1. The standard InChI is InChI=1S/C48H36N2O2/c1-29-9-16-39(31(3)21-29)44(40-17-10-30(2)22-32(40)4)25-33-11-18-41-35(23-33)13-14-36-27-38(15-19-42(36)41)50-46-8-6-5-7-43(46)45-26-34(12-20-47(45)50)24-37(28-49)48(51)52/h5-27H,1-4H3,(H,51,52). The molecule has 250 valence electrons. The average molecular weight is 673 g/mol. The van der Waals surface area contributed by atoms with Crippen LogP contribution in [0.2, 0.25) is 0 Å². The third kappa shape index (κ3) is 5.73. The van der Waals surface area contributed by atoms with E-state index in [0.717, 1.165) is 38.4 Å². The number of rotatable bonds is 6. The molecule has 7 aromatic carbocycles. The molecule has 1 heterocycles. The highest BCUT2D eigenvalue weighted by Gasteiger charge is 2.15. The Balaban J connectivity index is 1.23. The topological polar surface area (TPSA) is 66.0 Å². The van der Waals surface area contributed by atoms with Gasteiger partial charge in [0.05, 0.1) is 11.0 Å². The minimum Gasteiger partial charge on any atom is -0.477 e. The molecule has 52 heavy (non-hydrogen) atoms. The molecule has 0 radical (unpaired) electrons. The maximum absolute atomic E-state index is 11.5. The van der Waals surface area contributed by atoms with Crippen molar-refractivity contribution in [3.63, 3.8) is 0 Å². The Kier molecular flexibility index (Phi) is 8.05. The highest BCUT2D eigenvalue weighted by molar-refractivity contribution is 6.12. The molecule has 0 atom stereocenters. The number of nitrogens with zero attached hydrogens (tertiary/aromatic N) is 2. The summed E-state index contributed by atoms with van der Waals surface area (Å²) in [4.78, 5) is 11.5. The van der Waals surface area contributed by atoms with Gasteiger partial charge in [0.1, 0.15) is 11.6 Å². The van der Waals surface area contributed by atoms with E-state index in [1.54, 1.807) is 6.07 Å². The van der Waals surface area contributed by atoms with Crippen LogP contribution in [0.15, 0.2) is 133 Å². The molecule has 8 rings (SSSR count). The molecule has 0 aliphatic carbocycles. The number of nitriles is 1. The molecule has 0 saturated carbocycles. The Morgan fingerprint density at radius 2 is 1.19 bits per heavy atom. The lowest BCUT2D eigenvalue weighted by molar-refractivity contribution is -0.132. The first-order chi connectivity index (χ1) is 25.2. The number of carboxylic acid groups (broad SMARTS) is 1. The van der Waals surface area contributed by atoms with Crippen molar-refractivity contribution in [2.45, 2.75) is 27.7 Å². The van der Waals surface area contributed by atoms with Crippen molar-refractivity contribution in [3.8, 4) is 11.8 Å². The molecule has 0 amide bonds. The summed E-state index contributed by atoms with van der Waals surface area (Å²) in [6.45, 7) is 8.68. The summed E-state index contributed by atoms with van der Waals surface area (Å²) in [7, 11) is 0. The summed E-state index contributed by atoms with van der Waals surface area (Å²) in [5.41, 5.74) is 13.4. The van der Waals surface area contributed by atoms with Gasteiger partial charge < -0.3 is 9.67 Å². The molecule has 0 unspecified atom stereocenters. The summed E-state index contributed by atoms with van der Waals surface area (Å²) in [6.07, 6.45) is 3.75. The predicted octanol–water partition coefficient (Wildman–Crippen LogP) is 11.9. The number of carbonyl (C=O) groups is 1. The molecule has 4 nitrogen and oxygen atoms in total. The van der Waals surface area contributed by atoms with E-state index in [1.165, 1.54) is 61.2 Å². The van der Waals surface area contributed by atoms with Crippen LogP contribution in [0.25, 0.3) is 66.8 Å². The molecule has 8 aromatic rings. The van der Waals surface area contributed by atoms with Crippen LogP contribution in [0.4, 0.5) is 0 Å². The number of hydrogen-bond donors (Lipinski definition) is 1. The van der Waals surface area contributed by atoms with Crippen molar-refractivity contribution in [1.82, 2.24) is 4.57 Å². The van der Waals surface area contributed by atoms with Gasteiger partial charge in [-0.3, -0.25) is 0 Å². The van der Waals surface area contributed by atoms with E-state index in [2.05, 4.69) is 135 Å². The molecule has 4 heteroatoms. The molecule has 1 aromatic heterocycles. The van der Waals surface area contributed by atoms with Crippen molar-refractivity contribution in [2.24, 2.45) is 0 Å². The van der Waals surface area contributed by atoms with Crippen LogP contribution in [0.5, 0.6) is 0 Å². The lowest BCUT2D eigenvalue weighted by Crippen LogP contribution is -1.97. The fourth-order valence-corrected chi connectivity index (χ4v) is 7.67. The van der Waals surface area contributed by atoms with Crippen molar-refractivity contribution < 1.29 is 9.90 Å². The fourth-order valence-electron chi connectivity index (χ4n) is 7.67. The molecular weight excluding hydrogens is 637 g/mol. The van der Waals surface area contributed by atoms with E-state index in [9.17, 15) is 15.2 Å². The zero-order valence-corrected chi connectivity index (χ0v) is 29.5. The van der Waals surface area contributed by atoms with Crippen LogP contribution in [0.1, 0.15) is 44.5 Å². The van der Waals surface area contributed by atoms with Crippen LogP contribution in [0, 0.1) is 39.0 Å². The third-order valence-corrected chi connectivity index (χ3v) is 10.1. The van der Waals surface area contributed by atoms with Gasteiger partial charge in [-0.05, 0) is 137 Å². The highest BCUT2D eigenvalue weighted by atomic mass is 16.4. The van der Waals surface area contributed by atoms with E-state index in [-0.39, 0.29) is 5.57 Å². The van der Waals surface area contributed by atoms with Gasteiger partial charge >= 0.3 is 5.97 Å². The van der Waals surface area contributed by atoms with Crippen LogP contribution in [-0.2, 0) is 4.79 Å². The molecule has 0 fully saturated rings. The van der Waals surface area contributed by atoms with E-state index in [1.807, 2.05) is 30.3 Å². The molecular formula is C48H36N2O2. The van der Waals surface area contributed by atoms with E-state index < -0.39 is 5.97 Å². The first-order valence-corrected chi connectivity index (χ1v) is 17.4. The number of aromatic nitrogens is 1. The highest BCUT2D eigenvalue weighted by Crippen LogP contribution is 2.36. The Hall–Kier alpha value is -6.70. The second-order valence-corrected chi connectivity index (χ2v) is 13.8. The van der Waals surface area contributed by atoms with Crippen molar-refractivity contribution >= 4 is 67.0 Å². The number of benzene rings is 7. The predicted molar refractivity (Wildman–Crippen MR) is 216 cm³/mol. The maximum atomic E-state index is 11.5. The van der Waals surface area contributed by atoms with Gasteiger partial charge in [-0.25, -0.2) is 4.79 Å². The fraction of sp³-hybridized carbons (Fsp3) is 0.0833. The third-order valence-electron chi connectivity index (χ3n) is 10.1. The SMILES string of the molecule is Cc1ccc(C(=Cc2ccc3c(ccc4cc(-n5c6ccccc6c6cc(C=C(C#N)C(=O)O)ccc65)ccc43)c2)c2ccc(C)cc2C)c(C)c1. The monoisotopic (exact) mass is 672 g/mol. The number of carboxylic acids is 1. The minimum atomic E-state index is -1.24. The summed E-state index contributed by atoms with van der Waals surface area (Å²) in [6, 6.07) is 47.0. The maximum Gasteiger partial charge on any atom is 0.346 e. The average Bonchev–Trinajstić information content (AvgIpc) is 3.46. The van der Waals surface area contributed by atoms with Gasteiger partial charge in [0.15, 0.2) is 0 Å². The summed E-state index contributed by atoms with van der Waals surface area (Å²) < 4.78 is 2.25. The van der Waals surface area contributed by atoms with Gasteiger partial charge in [0.25, 0.3) is 0 Å². The van der Waals surface area contributed by atoms with E-state index in [0.29, 0.717) is 5.56 Å². The molecule has 0 aliphatic rings. The Bertz CT molecular complexity index is 2820. The zero-order chi connectivity index (χ0) is 36.1. The smallest absolute Gasteiger partial charge is 0.346 e. The largest absolute Gasteiger partial charge is 0.477 e. The second-order valence-electron chi connectivity index (χ2n) is 13.8. The van der Waals surface area contributed by atoms with Gasteiger partial charge in [-0.15, -0.1) is 0 Å². The van der Waals surface area contributed by atoms with Crippen LogP contribution in [0.3, 0.4) is 0 Å². The summed E-state index contributed by atoms with van der Waals surface area (Å²) >= 11 is 0. The van der Waals surface area contributed by atoms with Crippen molar-refractivity contribution in [1.29, 1.82) is 5.26 Å². The van der Waals surface area contributed by atoms with E-state index in [4.69, 9.17) is 0 Å². The van der Waals surface area contributed by atoms with Crippen LogP contribution >= 0.6 is 0 Å². The van der Waals surface area contributed by atoms with Gasteiger partial charge in [-0.1, -0.05) is 102 Å². The number of para-hydroxylation sites is 1. The first-order valence-electron chi connectivity index (χ1n) is 17.4. The molecule has 1 N–H and O–H groups in total. The Morgan fingerprint density at radius 1 is 0.596 bits per heavy atom. The second kappa shape index (κ2) is 12.9. The first kappa shape index (κ1) is 32.5. The van der Waals surface area contributed by atoms with Crippen molar-refractivity contribution in [2.75, 3.05) is 0 Å². The van der Waals surface area contributed by atoms with Gasteiger partial charge in [0, 0.05) is 16.5 Å². The van der Waals surface area contributed by atoms with Crippen LogP contribution in [-0.4, -0.2) is 15.6 Å². The minimum absolute atomic E-state index is 0.295. The summed E-state index contributed by atoms with van der Waals surface area (Å²) in [5.74, 6) is -1.24. The summed E-state index contributed by atoms with van der Waals surface area (Å²) in [5, 5.41) is 25.5.